The summed E-state index contributed by atoms with van der Waals surface area (Å²) in [5, 5.41) is 60.3. The van der Waals surface area contributed by atoms with Gasteiger partial charge in [-0.05, 0) is 25.3 Å². The van der Waals surface area contributed by atoms with E-state index in [1.54, 1.807) is 19.1 Å². The van der Waals surface area contributed by atoms with Crippen LogP contribution >= 0.6 is 0 Å². The highest BCUT2D eigenvalue weighted by Crippen LogP contribution is 2.40. The Morgan fingerprint density at radius 3 is 2.37 bits per heavy atom. The van der Waals surface area contributed by atoms with Crippen LogP contribution < -0.4 is 0 Å². The van der Waals surface area contributed by atoms with Gasteiger partial charge in [-0.25, -0.2) is 0 Å². The Morgan fingerprint density at radius 2 is 1.71 bits per heavy atom. The number of hydrogen-bond acceptors (Lipinski definition) is 11. The van der Waals surface area contributed by atoms with E-state index in [9.17, 15) is 35.4 Å². The Labute approximate surface area is 204 Å². The number of aliphatic hydroxyl groups excluding tert-OH is 6. The van der Waals surface area contributed by atoms with Gasteiger partial charge in [-0.1, -0.05) is 31.6 Å². The maximum atomic E-state index is 11.9. The van der Waals surface area contributed by atoms with Crippen LogP contribution in [0, 0.1) is 11.3 Å². The van der Waals surface area contributed by atoms with Crippen LogP contribution in [0.25, 0.3) is 0 Å². The maximum Gasteiger partial charge on any atom is 0.187 e. The van der Waals surface area contributed by atoms with Crippen molar-refractivity contribution in [3.63, 3.8) is 0 Å². The summed E-state index contributed by atoms with van der Waals surface area (Å²) in [7, 11) is 0. The third kappa shape index (κ3) is 6.55. The maximum absolute atomic E-state index is 11.9. The van der Waals surface area contributed by atoms with Crippen molar-refractivity contribution in [3.8, 4) is 0 Å². The second kappa shape index (κ2) is 11.4. The molecule has 200 valence electrons. The molecule has 2 saturated heterocycles. The zero-order valence-electron chi connectivity index (χ0n) is 20.4. The number of aliphatic hydroxyl groups is 6. The summed E-state index contributed by atoms with van der Waals surface area (Å²) in [6, 6.07) is 0. The minimum absolute atomic E-state index is 0.0211. The van der Waals surface area contributed by atoms with Crippen molar-refractivity contribution in [1.82, 2.24) is 0 Å². The normalized spacial score (nSPS) is 43.3. The highest BCUT2D eigenvalue weighted by Gasteiger charge is 2.46. The molecule has 0 aromatic rings. The van der Waals surface area contributed by atoms with Crippen LogP contribution in [0.3, 0.4) is 0 Å². The Hall–Kier alpha value is -1.25. The molecule has 2 fully saturated rings. The molecule has 11 atom stereocenters. The van der Waals surface area contributed by atoms with Gasteiger partial charge in [0, 0.05) is 12.3 Å². The van der Waals surface area contributed by atoms with Gasteiger partial charge in [0.1, 0.15) is 42.7 Å². The summed E-state index contributed by atoms with van der Waals surface area (Å²) >= 11 is 0. The summed E-state index contributed by atoms with van der Waals surface area (Å²) in [5.41, 5.74) is 0.689. The Bertz CT molecular complexity index is 796. The topological polar surface area (TPSA) is 175 Å². The van der Waals surface area contributed by atoms with Gasteiger partial charge in [-0.15, -0.1) is 0 Å². The summed E-state index contributed by atoms with van der Waals surface area (Å²) in [4.78, 5) is 11.9. The van der Waals surface area contributed by atoms with Gasteiger partial charge >= 0.3 is 0 Å². The zero-order valence-corrected chi connectivity index (χ0v) is 20.4. The molecular weight excluding hydrogens is 464 g/mol. The van der Waals surface area contributed by atoms with E-state index < -0.39 is 61.4 Å². The van der Waals surface area contributed by atoms with Crippen LogP contribution in [-0.2, 0) is 23.7 Å². The first kappa shape index (κ1) is 28.3. The molecule has 11 heteroatoms. The van der Waals surface area contributed by atoms with Crippen LogP contribution in [0.15, 0.2) is 23.8 Å². The van der Waals surface area contributed by atoms with Crippen molar-refractivity contribution in [2.45, 2.75) is 95.5 Å². The molecule has 0 spiro atoms. The summed E-state index contributed by atoms with van der Waals surface area (Å²) in [5.74, 6) is 0.116. The van der Waals surface area contributed by atoms with E-state index in [0.29, 0.717) is 6.42 Å². The molecule has 0 aromatic carbocycles. The second-order valence-corrected chi connectivity index (χ2v) is 10.3. The van der Waals surface area contributed by atoms with Crippen LogP contribution in [0.2, 0.25) is 0 Å². The number of hydrogen-bond donors (Lipinski definition) is 6. The third-order valence-electron chi connectivity index (χ3n) is 6.82. The largest absolute Gasteiger partial charge is 0.388 e. The van der Waals surface area contributed by atoms with Crippen LogP contribution in [0.4, 0.5) is 0 Å². The fraction of sp³-hybridized carbons (Fsp3) is 0.792. The van der Waals surface area contributed by atoms with Crippen LogP contribution in [0.1, 0.15) is 34.1 Å². The molecule has 11 nitrogen and oxygen atoms in total. The molecule has 0 unspecified atom stereocenters. The van der Waals surface area contributed by atoms with Crippen molar-refractivity contribution in [1.29, 1.82) is 0 Å². The molecule has 0 bridgehead atoms. The van der Waals surface area contributed by atoms with E-state index in [1.807, 2.05) is 26.8 Å². The second-order valence-electron chi connectivity index (χ2n) is 10.3. The number of allylic oxidation sites excluding steroid dienone is 3. The first-order chi connectivity index (χ1) is 16.3. The van der Waals surface area contributed by atoms with E-state index in [4.69, 9.17) is 18.9 Å². The lowest BCUT2D eigenvalue weighted by Crippen LogP contribution is -2.60. The van der Waals surface area contributed by atoms with Crippen molar-refractivity contribution in [3.05, 3.63) is 23.8 Å². The van der Waals surface area contributed by atoms with Gasteiger partial charge in [-0.2, -0.15) is 0 Å². The fourth-order valence-corrected chi connectivity index (χ4v) is 4.79. The van der Waals surface area contributed by atoms with Gasteiger partial charge in [0.15, 0.2) is 18.4 Å². The number of rotatable bonds is 7. The summed E-state index contributed by atoms with van der Waals surface area (Å²) < 4.78 is 22.0. The molecule has 0 saturated carbocycles. The standard InChI is InChI=1S/C24H38O11/c1-11-7-13(25)8-24(3,4)14(11)6-5-12(2)34-23-21(31)19(29)18(28)16(35-23)10-33-22-20(30)17(27)15(26)9-32-22/h5-7,12,14-23,26-31H,8-10H2,1-4H3/b6-5+/t12-,14-,15+,16+,17+,18+,19-,20+,21+,22-,23+/m0/s1. The third-order valence-corrected chi connectivity index (χ3v) is 6.82. The molecule has 3 aliphatic rings. The van der Waals surface area contributed by atoms with Gasteiger partial charge < -0.3 is 49.6 Å². The first-order valence-electron chi connectivity index (χ1n) is 11.8. The first-order valence-corrected chi connectivity index (χ1v) is 11.8. The van der Waals surface area contributed by atoms with Crippen molar-refractivity contribution < 1.29 is 54.4 Å². The SMILES string of the molecule is CC1=CC(=O)CC(C)(C)[C@H]1/C=C/[C@H](C)O[C@@H]1O[C@H](CO[C@@H]2OC[C@@H](O)[C@@H](O)[C@H]2O)[C@@H](O)[C@H](O)[C@H]1O. The number of ketones is 1. The fourth-order valence-electron chi connectivity index (χ4n) is 4.79. The highest BCUT2D eigenvalue weighted by atomic mass is 16.7. The van der Waals surface area contributed by atoms with Gasteiger partial charge in [-0.3, -0.25) is 4.79 Å². The van der Waals surface area contributed by atoms with Crippen molar-refractivity contribution in [2.24, 2.45) is 11.3 Å². The monoisotopic (exact) mass is 502 g/mol. The van der Waals surface area contributed by atoms with E-state index >= 15 is 0 Å². The molecule has 2 aliphatic heterocycles. The van der Waals surface area contributed by atoms with E-state index in [2.05, 4.69) is 0 Å². The van der Waals surface area contributed by atoms with Gasteiger partial charge in [0.05, 0.1) is 19.3 Å². The molecule has 35 heavy (non-hydrogen) atoms. The average molecular weight is 503 g/mol. The summed E-state index contributed by atoms with van der Waals surface area (Å²) in [6.07, 6.45) is -7.31. The Morgan fingerprint density at radius 1 is 1.06 bits per heavy atom. The van der Waals surface area contributed by atoms with E-state index in [1.165, 1.54) is 0 Å². The van der Waals surface area contributed by atoms with Crippen LogP contribution in [0.5, 0.6) is 0 Å². The van der Waals surface area contributed by atoms with Gasteiger partial charge in [0.25, 0.3) is 0 Å². The number of ether oxygens (including phenoxy) is 4. The minimum atomic E-state index is -1.59. The Balaban J connectivity index is 1.60. The average Bonchev–Trinajstić information content (AvgIpc) is 2.76. The minimum Gasteiger partial charge on any atom is -0.388 e. The number of carbonyl (C=O) groups is 1. The molecule has 0 aromatic heterocycles. The molecule has 2 heterocycles. The highest BCUT2D eigenvalue weighted by molar-refractivity contribution is 5.92. The molecule has 1 aliphatic carbocycles. The Kier molecular flexibility index (Phi) is 9.25. The number of carbonyl (C=O) groups excluding carboxylic acids is 1. The summed E-state index contributed by atoms with van der Waals surface area (Å²) in [6.45, 7) is 7.06. The van der Waals surface area contributed by atoms with E-state index in [0.717, 1.165) is 5.57 Å². The quantitative estimate of drug-likeness (QED) is 0.230. The van der Waals surface area contributed by atoms with E-state index in [-0.39, 0.29) is 30.3 Å². The zero-order chi connectivity index (χ0) is 26.1. The van der Waals surface area contributed by atoms with Gasteiger partial charge in [0.2, 0.25) is 0 Å². The molecule has 3 rings (SSSR count). The lowest BCUT2D eigenvalue weighted by molar-refractivity contribution is -0.324. The molecule has 6 N–H and O–H groups in total. The van der Waals surface area contributed by atoms with Crippen LogP contribution in [-0.4, -0.2) is 111 Å². The molecular formula is C24H38O11. The smallest absolute Gasteiger partial charge is 0.187 e. The predicted molar refractivity (Wildman–Crippen MR) is 121 cm³/mol. The lowest BCUT2D eigenvalue weighted by atomic mass is 9.68. The predicted octanol–water partition coefficient (Wildman–Crippen LogP) is -1.23. The molecule has 0 amide bonds. The van der Waals surface area contributed by atoms with Crippen molar-refractivity contribution >= 4 is 5.78 Å². The van der Waals surface area contributed by atoms with Crippen molar-refractivity contribution in [2.75, 3.05) is 13.2 Å². The lowest BCUT2D eigenvalue weighted by Gasteiger charge is -2.42. The molecule has 0 radical (unpaired) electrons.